The van der Waals surface area contributed by atoms with Gasteiger partial charge in [0.1, 0.15) is 11.3 Å². The number of amides is 2. The Bertz CT molecular complexity index is 855. The molecule has 0 radical (unpaired) electrons. The van der Waals surface area contributed by atoms with E-state index in [2.05, 4.69) is 5.32 Å². The third-order valence-corrected chi connectivity index (χ3v) is 4.71. The summed E-state index contributed by atoms with van der Waals surface area (Å²) in [6.07, 6.45) is 1.75. The standard InChI is InChI=1S/C22H24N2O3/c1-22(2)13-19(21(26)24(22)15-17-7-5-4-6-8-17)20(25)23-14-16-9-11-18(27-3)12-10-16/h4-13H,14-15H2,1-3H3,(H,23,25). The van der Waals surface area contributed by atoms with E-state index in [1.807, 2.05) is 68.4 Å². The van der Waals surface area contributed by atoms with Gasteiger partial charge in [-0.05, 0) is 43.2 Å². The van der Waals surface area contributed by atoms with Crippen molar-refractivity contribution in [1.29, 1.82) is 0 Å². The number of benzene rings is 2. The number of hydrogen-bond donors (Lipinski definition) is 1. The SMILES string of the molecule is COc1ccc(CNC(=O)C2=CC(C)(C)N(Cc3ccccc3)C2=O)cc1. The minimum atomic E-state index is -0.514. The van der Waals surface area contributed by atoms with Crippen LogP contribution < -0.4 is 10.1 Å². The van der Waals surface area contributed by atoms with Crippen LogP contribution in [0.5, 0.6) is 5.75 Å². The van der Waals surface area contributed by atoms with Crippen LogP contribution in [0.4, 0.5) is 0 Å². The molecule has 5 heteroatoms. The van der Waals surface area contributed by atoms with E-state index in [1.54, 1.807) is 18.1 Å². The number of nitrogens with zero attached hydrogens (tertiary/aromatic N) is 1. The summed E-state index contributed by atoms with van der Waals surface area (Å²) in [5, 5.41) is 2.84. The molecule has 1 aliphatic heterocycles. The molecule has 27 heavy (non-hydrogen) atoms. The lowest BCUT2D eigenvalue weighted by Crippen LogP contribution is -2.42. The summed E-state index contributed by atoms with van der Waals surface area (Å²) in [5.41, 5.74) is 1.66. The van der Waals surface area contributed by atoms with E-state index < -0.39 is 5.54 Å². The third-order valence-electron chi connectivity index (χ3n) is 4.71. The molecule has 5 nitrogen and oxygen atoms in total. The normalized spacial score (nSPS) is 15.4. The van der Waals surface area contributed by atoms with Gasteiger partial charge in [0.15, 0.2) is 0 Å². The molecule has 0 saturated carbocycles. The maximum absolute atomic E-state index is 12.8. The van der Waals surface area contributed by atoms with E-state index in [0.29, 0.717) is 13.1 Å². The lowest BCUT2D eigenvalue weighted by molar-refractivity contribution is -0.131. The lowest BCUT2D eigenvalue weighted by Gasteiger charge is -2.31. The van der Waals surface area contributed by atoms with Gasteiger partial charge in [0.2, 0.25) is 0 Å². The Morgan fingerprint density at radius 1 is 1.04 bits per heavy atom. The molecule has 0 fully saturated rings. The van der Waals surface area contributed by atoms with E-state index >= 15 is 0 Å². The van der Waals surface area contributed by atoms with Gasteiger partial charge >= 0.3 is 0 Å². The molecule has 3 rings (SSSR count). The topological polar surface area (TPSA) is 58.6 Å². The largest absolute Gasteiger partial charge is 0.497 e. The predicted octanol–water partition coefficient (Wildman–Crippen LogP) is 3.06. The molecule has 0 aromatic heterocycles. The highest BCUT2D eigenvalue weighted by atomic mass is 16.5. The fourth-order valence-electron chi connectivity index (χ4n) is 3.13. The minimum Gasteiger partial charge on any atom is -0.497 e. The molecule has 0 atom stereocenters. The summed E-state index contributed by atoms with van der Waals surface area (Å²) in [5.74, 6) is 0.174. The van der Waals surface area contributed by atoms with Gasteiger partial charge in [0.25, 0.3) is 11.8 Å². The fraction of sp³-hybridized carbons (Fsp3) is 0.273. The van der Waals surface area contributed by atoms with Crippen LogP contribution in [0.2, 0.25) is 0 Å². The quantitative estimate of drug-likeness (QED) is 0.802. The first-order valence-electron chi connectivity index (χ1n) is 8.90. The van der Waals surface area contributed by atoms with Crippen molar-refractivity contribution < 1.29 is 14.3 Å². The maximum Gasteiger partial charge on any atom is 0.260 e. The number of ether oxygens (including phenoxy) is 1. The molecule has 1 aliphatic rings. The van der Waals surface area contributed by atoms with Crippen LogP contribution >= 0.6 is 0 Å². The molecular weight excluding hydrogens is 340 g/mol. The summed E-state index contributed by atoms with van der Waals surface area (Å²) in [7, 11) is 1.61. The Kier molecular flexibility index (Phi) is 5.31. The molecule has 0 aliphatic carbocycles. The Morgan fingerprint density at radius 2 is 1.70 bits per heavy atom. The highest BCUT2D eigenvalue weighted by molar-refractivity contribution is 6.20. The molecule has 1 N–H and O–H groups in total. The Morgan fingerprint density at radius 3 is 2.33 bits per heavy atom. The van der Waals surface area contributed by atoms with Crippen molar-refractivity contribution in [3.05, 3.63) is 77.4 Å². The smallest absolute Gasteiger partial charge is 0.260 e. The second-order valence-electron chi connectivity index (χ2n) is 7.12. The predicted molar refractivity (Wildman–Crippen MR) is 104 cm³/mol. The van der Waals surface area contributed by atoms with Crippen molar-refractivity contribution in [3.63, 3.8) is 0 Å². The Labute approximate surface area is 159 Å². The monoisotopic (exact) mass is 364 g/mol. The molecule has 0 bridgehead atoms. The number of hydrogen-bond acceptors (Lipinski definition) is 3. The number of rotatable bonds is 6. The lowest BCUT2D eigenvalue weighted by atomic mass is 10.0. The Balaban J connectivity index is 1.66. The van der Waals surface area contributed by atoms with E-state index in [1.165, 1.54) is 0 Å². The zero-order valence-electron chi connectivity index (χ0n) is 15.9. The number of methoxy groups -OCH3 is 1. The molecule has 0 unspecified atom stereocenters. The zero-order valence-corrected chi connectivity index (χ0v) is 15.9. The van der Waals surface area contributed by atoms with Crippen molar-refractivity contribution in [2.75, 3.05) is 7.11 Å². The summed E-state index contributed by atoms with van der Waals surface area (Å²) in [6, 6.07) is 17.2. The number of carbonyl (C=O) groups excluding carboxylic acids is 2. The first-order chi connectivity index (χ1) is 12.9. The van der Waals surface area contributed by atoms with Crippen molar-refractivity contribution in [3.8, 4) is 5.75 Å². The van der Waals surface area contributed by atoms with Crippen LogP contribution in [-0.4, -0.2) is 29.4 Å². The molecule has 2 aromatic carbocycles. The van der Waals surface area contributed by atoms with Gasteiger partial charge in [-0.25, -0.2) is 0 Å². The van der Waals surface area contributed by atoms with Gasteiger partial charge in [0.05, 0.1) is 12.6 Å². The fourth-order valence-corrected chi connectivity index (χ4v) is 3.13. The highest BCUT2D eigenvalue weighted by Gasteiger charge is 2.40. The average molecular weight is 364 g/mol. The van der Waals surface area contributed by atoms with Crippen molar-refractivity contribution in [2.45, 2.75) is 32.5 Å². The highest BCUT2D eigenvalue weighted by Crippen LogP contribution is 2.29. The first-order valence-corrected chi connectivity index (χ1v) is 8.90. The van der Waals surface area contributed by atoms with Gasteiger partial charge in [0, 0.05) is 13.1 Å². The molecular formula is C22H24N2O3. The zero-order chi connectivity index (χ0) is 19.4. The van der Waals surface area contributed by atoms with E-state index in [-0.39, 0.29) is 17.4 Å². The van der Waals surface area contributed by atoms with Gasteiger partial charge in [-0.15, -0.1) is 0 Å². The van der Waals surface area contributed by atoms with Crippen LogP contribution in [0, 0.1) is 0 Å². The number of nitrogens with one attached hydrogen (secondary N) is 1. The Hall–Kier alpha value is -3.08. The van der Waals surface area contributed by atoms with E-state index in [4.69, 9.17) is 4.74 Å². The maximum atomic E-state index is 12.8. The van der Waals surface area contributed by atoms with Crippen molar-refractivity contribution >= 4 is 11.8 Å². The molecule has 1 heterocycles. The molecule has 2 aromatic rings. The van der Waals surface area contributed by atoms with Crippen LogP contribution in [-0.2, 0) is 22.7 Å². The first kappa shape index (κ1) is 18.7. The summed E-state index contributed by atoms with van der Waals surface area (Å²) in [4.78, 5) is 27.2. The average Bonchev–Trinajstić information content (AvgIpc) is 2.91. The summed E-state index contributed by atoms with van der Waals surface area (Å²) < 4.78 is 5.13. The van der Waals surface area contributed by atoms with Crippen LogP contribution in [0.3, 0.4) is 0 Å². The molecule has 0 spiro atoms. The minimum absolute atomic E-state index is 0.199. The van der Waals surface area contributed by atoms with Crippen molar-refractivity contribution in [1.82, 2.24) is 10.2 Å². The van der Waals surface area contributed by atoms with Gasteiger partial charge in [-0.3, -0.25) is 9.59 Å². The molecule has 0 saturated heterocycles. The van der Waals surface area contributed by atoms with E-state index in [0.717, 1.165) is 16.9 Å². The van der Waals surface area contributed by atoms with Gasteiger partial charge in [-0.1, -0.05) is 42.5 Å². The van der Waals surface area contributed by atoms with Crippen LogP contribution in [0.25, 0.3) is 0 Å². The summed E-state index contributed by atoms with van der Waals surface area (Å²) >= 11 is 0. The second-order valence-corrected chi connectivity index (χ2v) is 7.12. The van der Waals surface area contributed by atoms with Crippen LogP contribution in [0.15, 0.2) is 66.2 Å². The molecule has 140 valence electrons. The third kappa shape index (κ3) is 4.19. The second kappa shape index (κ2) is 7.66. The van der Waals surface area contributed by atoms with Crippen molar-refractivity contribution in [2.24, 2.45) is 0 Å². The molecule has 2 amide bonds. The van der Waals surface area contributed by atoms with E-state index in [9.17, 15) is 9.59 Å². The number of carbonyl (C=O) groups is 2. The van der Waals surface area contributed by atoms with Crippen LogP contribution in [0.1, 0.15) is 25.0 Å². The van der Waals surface area contributed by atoms with Gasteiger partial charge < -0.3 is 15.0 Å². The summed E-state index contributed by atoms with van der Waals surface area (Å²) in [6.45, 7) is 4.71. The van der Waals surface area contributed by atoms with Gasteiger partial charge in [-0.2, -0.15) is 0 Å².